The van der Waals surface area contributed by atoms with Gasteiger partial charge in [0, 0.05) is 15.7 Å². The van der Waals surface area contributed by atoms with Crippen LogP contribution in [0.4, 0.5) is 5.69 Å². The van der Waals surface area contributed by atoms with E-state index in [1.54, 1.807) is 24.3 Å². The van der Waals surface area contributed by atoms with Gasteiger partial charge in [-0.05, 0) is 56.1 Å². The first-order chi connectivity index (χ1) is 7.99. The number of nitrogens with two attached hydrogens (primary N) is 1. The third kappa shape index (κ3) is 2.73. The number of thiophene rings is 1. The van der Waals surface area contributed by atoms with Gasteiger partial charge < -0.3 is 5.73 Å². The molecule has 6 heteroatoms. The minimum Gasteiger partial charge on any atom is -0.398 e. The second-order valence-corrected chi connectivity index (χ2v) is 6.93. The predicted molar refractivity (Wildman–Crippen MR) is 79.0 cm³/mol. The van der Waals surface area contributed by atoms with E-state index in [0.717, 1.165) is 8.26 Å². The van der Waals surface area contributed by atoms with Crippen LogP contribution < -0.4 is 5.73 Å². The average molecular weight is 396 g/mol. The lowest BCUT2D eigenvalue weighted by Gasteiger charge is -2.01. The van der Waals surface area contributed by atoms with Gasteiger partial charge in [-0.15, -0.1) is 11.3 Å². The number of hydrogen-bond acceptors (Lipinski definition) is 3. The monoisotopic (exact) mass is 393 g/mol. The molecule has 2 rings (SSSR count). The average Bonchev–Trinajstić information content (AvgIpc) is 2.62. The van der Waals surface area contributed by atoms with Crippen molar-refractivity contribution in [1.82, 2.24) is 0 Å². The third-order valence-electron chi connectivity index (χ3n) is 2.13. The molecule has 0 bridgehead atoms. The summed E-state index contributed by atoms with van der Waals surface area (Å²) < 4.78 is 1.53. The number of hydrogen-bond donors (Lipinski definition) is 1. The molecule has 1 aromatic heterocycles. The summed E-state index contributed by atoms with van der Waals surface area (Å²) in [5.74, 6) is -0.0817. The fourth-order valence-corrected chi connectivity index (χ4v) is 3.20. The Bertz CT molecular complexity index is 578. The molecule has 2 aromatic rings. The van der Waals surface area contributed by atoms with Gasteiger partial charge in [0.2, 0.25) is 5.78 Å². The zero-order valence-corrected chi connectivity index (χ0v) is 13.1. The van der Waals surface area contributed by atoms with Crippen molar-refractivity contribution in [3.05, 3.63) is 48.0 Å². The minimum atomic E-state index is -0.0817. The highest BCUT2D eigenvalue weighted by Crippen LogP contribution is 2.33. The molecule has 0 aliphatic carbocycles. The van der Waals surface area contributed by atoms with Gasteiger partial charge in [-0.25, -0.2) is 0 Å². The lowest BCUT2D eigenvalue weighted by Crippen LogP contribution is -2.00. The summed E-state index contributed by atoms with van der Waals surface area (Å²) in [6, 6.07) is 6.78. The lowest BCUT2D eigenvalue weighted by atomic mass is 10.1. The molecule has 0 atom stereocenters. The number of halogens is 3. The topological polar surface area (TPSA) is 43.1 Å². The van der Waals surface area contributed by atoms with Gasteiger partial charge in [0.15, 0.2) is 0 Å². The first kappa shape index (κ1) is 13.1. The molecule has 88 valence electrons. The molecule has 0 amide bonds. The standard InChI is InChI=1S/C11H6Br2ClNOS/c12-6-2-1-5(3-8(6)15)10(16)9-4-7(14)11(13)17-9/h1-4H,15H2. The Morgan fingerprint density at radius 3 is 2.53 bits per heavy atom. The highest BCUT2D eigenvalue weighted by molar-refractivity contribution is 9.11. The Balaban J connectivity index is 2.40. The number of anilines is 1. The van der Waals surface area contributed by atoms with Crippen molar-refractivity contribution in [2.45, 2.75) is 0 Å². The van der Waals surface area contributed by atoms with E-state index in [0.29, 0.717) is 21.2 Å². The summed E-state index contributed by atoms with van der Waals surface area (Å²) in [6.45, 7) is 0. The van der Waals surface area contributed by atoms with Crippen molar-refractivity contribution >= 4 is 66.3 Å². The van der Waals surface area contributed by atoms with Crippen molar-refractivity contribution in [3.63, 3.8) is 0 Å². The molecule has 1 aromatic carbocycles. The third-order valence-corrected chi connectivity index (χ3v) is 5.32. The Morgan fingerprint density at radius 2 is 2.00 bits per heavy atom. The second-order valence-electron chi connectivity index (χ2n) is 3.30. The first-order valence-corrected chi connectivity index (χ1v) is 7.31. The molecule has 17 heavy (non-hydrogen) atoms. The molecule has 1 heterocycles. The quantitative estimate of drug-likeness (QED) is 0.590. The van der Waals surface area contributed by atoms with Gasteiger partial charge in [0.25, 0.3) is 0 Å². The fraction of sp³-hybridized carbons (Fsp3) is 0. The van der Waals surface area contributed by atoms with Crippen molar-refractivity contribution in [2.75, 3.05) is 5.73 Å². The molecular weight excluding hydrogens is 389 g/mol. The van der Waals surface area contributed by atoms with E-state index in [-0.39, 0.29) is 5.78 Å². The molecule has 0 aliphatic heterocycles. The molecule has 0 saturated carbocycles. The van der Waals surface area contributed by atoms with Crippen molar-refractivity contribution < 1.29 is 4.79 Å². The SMILES string of the molecule is Nc1cc(C(=O)c2cc(Cl)c(Br)s2)ccc1Br. The summed E-state index contributed by atoms with van der Waals surface area (Å²) >= 11 is 13.8. The Morgan fingerprint density at radius 1 is 1.29 bits per heavy atom. The van der Waals surface area contributed by atoms with Crippen LogP contribution in [0, 0.1) is 0 Å². The first-order valence-electron chi connectivity index (χ1n) is 4.53. The maximum Gasteiger partial charge on any atom is 0.203 e. The summed E-state index contributed by atoms with van der Waals surface area (Å²) in [4.78, 5) is 12.7. The fourth-order valence-electron chi connectivity index (χ4n) is 1.29. The molecule has 0 spiro atoms. The van der Waals surface area contributed by atoms with Crippen LogP contribution in [0.1, 0.15) is 15.2 Å². The maximum absolute atomic E-state index is 12.1. The van der Waals surface area contributed by atoms with Crippen LogP contribution in [-0.2, 0) is 0 Å². The number of nitrogen functional groups attached to an aromatic ring is 1. The van der Waals surface area contributed by atoms with Crippen molar-refractivity contribution in [1.29, 1.82) is 0 Å². The Hall–Kier alpha value is -0.360. The van der Waals surface area contributed by atoms with E-state index >= 15 is 0 Å². The van der Waals surface area contributed by atoms with E-state index in [9.17, 15) is 4.79 Å². The zero-order valence-electron chi connectivity index (χ0n) is 8.34. The van der Waals surface area contributed by atoms with Crippen LogP contribution in [0.2, 0.25) is 5.02 Å². The Kier molecular flexibility index (Phi) is 3.92. The summed E-state index contributed by atoms with van der Waals surface area (Å²) in [5.41, 5.74) is 6.83. The van der Waals surface area contributed by atoms with E-state index < -0.39 is 0 Å². The second kappa shape index (κ2) is 5.10. The minimum absolute atomic E-state index is 0.0817. The molecule has 0 aliphatic rings. The normalized spacial score (nSPS) is 10.5. The van der Waals surface area contributed by atoms with E-state index in [2.05, 4.69) is 31.9 Å². The summed E-state index contributed by atoms with van der Waals surface area (Å²) in [6.07, 6.45) is 0. The molecular formula is C11H6Br2ClNOS. The van der Waals surface area contributed by atoms with Crippen molar-refractivity contribution in [3.8, 4) is 0 Å². The number of ketones is 1. The van der Waals surface area contributed by atoms with Crippen molar-refractivity contribution in [2.24, 2.45) is 0 Å². The van der Waals surface area contributed by atoms with Gasteiger partial charge in [0.1, 0.15) is 0 Å². The van der Waals surface area contributed by atoms with Crippen LogP contribution >= 0.6 is 54.8 Å². The molecule has 0 unspecified atom stereocenters. The van der Waals surface area contributed by atoms with Crippen LogP contribution in [-0.4, -0.2) is 5.78 Å². The Labute approximate surface area is 124 Å². The molecule has 0 radical (unpaired) electrons. The van der Waals surface area contributed by atoms with E-state index in [1.165, 1.54) is 11.3 Å². The van der Waals surface area contributed by atoms with Crippen LogP contribution in [0.15, 0.2) is 32.5 Å². The van der Waals surface area contributed by atoms with Gasteiger partial charge in [0.05, 0.1) is 13.7 Å². The van der Waals surface area contributed by atoms with Crippen LogP contribution in [0.25, 0.3) is 0 Å². The maximum atomic E-state index is 12.1. The van der Waals surface area contributed by atoms with Crippen LogP contribution in [0.5, 0.6) is 0 Å². The van der Waals surface area contributed by atoms with Gasteiger partial charge >= 0.3 is 0 Å². The number of carbonyl (C=O) groups excluding carboxylic acids is 1. The van der Waals surface area contributed by atoms with E-state index in [1.807, 2.05) is 0 Å². The highest BCUT2D eigenvalue weighted by Gasteiger charge is 2.15. The number of benzene rings is 1. The molecule has 0 saturated heterocycles. The number of rotatable bonds is 2. The molecule has 0 fully saturated rings. The van der Waals surface area contributed by atoms with Gasteiger partial charge in [-0.3, -0.25) is 4.79 Å². The lowest BCUT2D eigenvalue weighted by molar-refractivity contribution is 0.104. The summed E-state index contributed by atoms with van der Waals surface area (Å²) in [5, 5.41) is 0.545. The predicted octanol–water partition coefficient (Wildman–Crippen LogP) is 4.74. The van der Waals surface area contributed by atoms with E-state index in [4.69, 9.17) is 17.3 Å². The summed E-state index contributed by atoms with van der Waals surface area (Å²) in [7, 11) is 0. The van der Waals surface area contributed by atoms with Gasteiger partial charge in [-0.2, -0.15) is 0 Å². The van der Waals surface area contributed by atoms with Crippen LogP contribution in [0.3, 0.4) is 0 Å². The molecule has 2 nitrogen and oxygen atoms in total. The molecule has 2 N–H and O–H groups in total. The number of carbonyl (C=O) groups is 1. The zero-order chi connectivity index (χ0) is 12.6. The van der Waals surface area contributed by atoms with Gasteiger partial charge in [-0.1, -0.05) is 11.6 Å². The highest BCUT2D eigenvalue weighted by atomic mass is 79.9. The largest absolute Gasteiger partial charge is 0.398 e. The smallest absolute Gasteiger partial charge is 0.203 e.